The third kappa shape index (κ3) is 4.10. The number of anilines is 1. The Labute approximate surface area is 100.0 Å². The van der Waals surface area contributed by atoms with E-state index in [1.807, 2.05) is 0 Å². The largest absolute Gasteiger partial charge is 0.481 e. The van der Waals surface area contributed by atoms with Crippen LogP contribution < -0.4 is 5.32 Å². The van der Waals surface area contributed by atoms with E-state index in [4.69, 9.17) is 5.11 Å². The van der Waals surface area contributed by atoms with E-state index in [0.29, 0.717) is 16.8 Å². The predicted molar refractivity (Wildman–Crippen MR) is 65.8 cm³/mol. The zero-order valence-electron chi connectivity index (χ0n) is 9.86. The van der Waals surface area contributed by atoms with E-state index in [-0.39, 0.29) is 12.3 Å². The Morgan fingerprint density at radius 3 is 2.71 bits per heavy atom. The van der Waals surface area contributed by atoms with Gasteiger partial charge in [-0.25, -0.2) is 0 Å². The van der Waals surface area contributed by atoms with Crippen molar-refractivity contribution in [2.24, 2.45) is 0 Å². The molecule has 4 heteroatoms. The monoisotopic (exact) mass is 233 g/mol. The summed E-state index contributed by atoms with van der Waals surface area (Å²) >= 11 is 0. The summed E-state index contributed by atoms with van der Waals surface area (Å²) in [6, 6.07) is 6.83. The second-order valence-corrected chi connectivity index (χ2v) is 3.70. The zero-order valence-corrected chi connectivity index (χ0v) is 9.86. The molecule has 1 amide bonds. The molecule has 0 radical (unpaired) electrons. The molecule has 0 aromatic heterocycles. The summed E-state index contributed by atoms with van der Waals surface area (Å²) in [7, 11) is 0. The maximum absolute atomic E-state index is 11.6. The lowest BCUT2D eigenvalue weighted by Gasteiger charge is -2.06. The standard InChI is InChI=1S/C13H15NO3/c1-3-9(2)13(17)14-11-6-4-5-10(7-11)8-12(15)16/h3-7H,8H2,1-2H3,(H,14,17)(H,15,16). The molecule has 17 heavy (non-hydrogen) atoms. The molecule has 0 atom stereocenters. The first-order chi connectivity index (χ1) is 8.02. The molecule has 0 saturated carbocycles. The van der Waals surface area contributed by atoms with Crippen molar-refractivity contribution in [3.8, 4) is 0 Å². The molecule has 90 valence electrons. The number of aliphatic carboxylic acids is 1. The Hall–Kier alpha value is -2.10. The zero-order chi connectivity index (χ0) is 12.8. The fraction of sp³-hybridized carbons (Fsp3) is 0.231. The molecule has 1 aromatic carbocycles. The number of benzene rings is 1. The molecule has 4 nitrogen and oxygen atoms in total. The van der Waals surface area contributed by atoms with Crippen molar-refractivity contribution in [1.29, 1.82) is 0 Å². The van der Waals surface area contributed by atoms with E-state index >= 15 is 0 Å². The van der Waals surface area contributed by atoms with Crippen molar-refractivity contribution in [3.05, 3.63) is 41.5 Å². The summed E-state index contributed by atoms with van der Waals surface area (Å²) < 4.78 is 0. The highest BCUT2D eigenvalue weighted by molar-refractivity contribution is 6.03. The van der Waals surface area contributed by atoms with Crippen molar-refractivity contribution >= 4 is 17.6 Å². The molecular formula is C13H15NO3. The van der Waals surface area contributed by atoms with Gasteiger partial charge in [-0.15, -0.1) is 0 Å². The Balaban J connectivity index is 2.79. The predicted octanol–water partition coefficient (Wildman–Crippen LogP) is 2.22. The maximum atomic E-state index is 11.6. The lowest BCUT2D eigenvalue weighted by Crippen LogP contribution is -2.12. The number of carbonyl (C=O) groups is 2. The SMILES string of the molecule is CC=C(C)C(=O)Nc1cccc(CC(=O)O)c1. The van der Waals surface area contributed by atoms with Crippen molar-refractivity contribution in [3.63, 3.8) is 0 Å². The van der Waals surface area contributed by atoms with Crippen LogP contribution in [0.1, 0.15) is 19.4 Å². The molecule has 0 unspecified atom stereocenters. The van der Waals surface area contributed by atoms with Gasteiger partial charge in [-0.1, -0.05) is 18.2 Å². The molecule has 0 saturated heterocycles. The summed E-state index contributed by atoms with van der Waals surface area (Å²) in [5.74, 6) is -1.07. The molecule has 0 aliphatic carbocycles. The van der Waals surface area contributed by atoms with E-state index in [2.05, 4.69) is 5.32 Å². The fourth-order valence-corrected chi connectivity index (χ4v) is 1.29. The van der Waals surface area contributed by atoms with Crippen LogP contribution in [0.2, 0.25) is 0 Å². The number of carboxylic acids is 1. The first-order valence-corrected chi connectivity index (χ1v) is 5.28. The fourth-order valence-electron chi connectivity index (χ4n) is 1.29. The first kappa shape index (κ1) is 13.0. The Morgan fingerprint density at radius 2 is 2.12 bits per heavy atom. The van der Waals surface area contributed by atoms with Crippen LogP contribution in [0.15, 0.2) is 35.9 Å². The van der Waals surface area contributed by atoms with Crippen molar-refractivity contribution < 1.29 is 14.7 Å². The van der Waals surface area contributed by atoms with Crippen LogP contribution in [0, 0.1) is 0 Å². The highest BCUT2D eigenvalue weighted by Crippen LogP contribution is 2.12. The topological polar surface area (TPSA) is 66.4 Å². The molecule has 0 spiro atoms. The third-order valence-electron chi connectivity index (χ3n) is 2.33. The van der Waals surface area contributed by atoms with Crippen LogP contribution in [0.3, 0.4) is 0 Å². The van der Waals surface area contributed by atoms with E-state index < -0.39 is 5.97 Å². The van der Waals surface area contributed by atoms with Crippen molar-refractivity contribution in [1.82, 2.24) is 0 Å². The van der Waals surface area contributed by atoms with Gasteiger partial charge in [-0.05, 0) is 31.5 Å². The van der Waals surface area contributed by atoms with Gasteiger partial charge >= 0.3 is 5.97 Å². The smallest absolute Gasteiger partial charge is 0.307 e. The quantitative estimate of drug-likeness (QED) is 0.783. The van der Waals surface area contributed by atoms with Gasteiger partial charge in [0.1, 0.15) is 0 Å². The Bertz CT molecular complexity index is 463. The van der Waals surface area contributed by atoms with Gasteiger partial charge in [0.25, 0.3) is 5.91 Å². The highest BCUT2D eigenvalue weighted by atomic mass is 16.4. The normalized spacial score (nSPS) is 11.1. The summed E-state index contributed by atoms with van der Waals surface area (Å²) in [5.41, 5.74) is 1.89. The molecule has 0 aliphatic heterocycles. The molecule has 0 aliphatic rings. The lowest BCUT2D eigenvalue weighted by molar-refractivity contribution is -0.136. The molecule has 0 bridgehead atoms. The number of allylic oxidation sites excluding steroid dienone is 1. The summed E-state index contributed by atoms with van der Waals surface area (Å²) in [6.07, 6.45) is 1.67. The van der Waals surface area contributed by atoms with Gasteiger partial charge in [0.05, 0.1) is 6.42 Å². The summed E-state index contributed by atoms with van der Waals surface area (Å²) in [5, 5.41) is 11.4. The number of hydrogen-bond donors (Lipinski definition) is 2. The van der Waals surface area contributed by atoms with E-state index in [1.54, 1.807) is 44.2 Å². The minimum atomic E-state index is -0.891. The number of carbonyl (C=O) groups excluding carboxylic acids is 1. The summed E-state index contributed by atoms with van der Waals surface area (Å²) in [4.78, 5) is 22.1. The van der Waals surface area contributed by atoms with Crippen molar-refractivity contribution in [2.45, 2.75) is 20.3 Å². The number of hydrogen-bond acceptors (Lipinski definition) is 2. The molecule has 1 rings (SSSR count). The lowest BCUT2D eigenvalue weighted by atomic mass is 10.1. The second kappa shape index (κ2) is 5.84. The maximum Gasteiger partial charge on any atom is 0.307 e. The molecule has 2 N–H and O–H groups in total. The average Bonchev–Trinajstić information content (AvgIpc) is 2.27. The Morgan fingerprint density at radius 1 is 1.41 bits per heavy atom. The second-order valence-electron chi connectivity index (χ2n) is 3.70. The molecule has 0 fully saturated rings. The van der Waals surface area contributed by atoms with Gasteiger partial charge in [-0.3, -0.25) is 9.59 Å². The summed E-state index contributed by atoms with van der Waals surface area (Å²) in [6.45, 7) is 3.51. The van der Waals surface area contributed by atoms with Crippen LogP contribution in [-0.4, -0.2) is 17.0 Å². The molecule has 0 heterocycles. The number of amides is 1. The van der Waals surface area contributed by atoms with Crippen LogP contribution in [0.5, 0.6) is 0 Å². The van der Waals surface area contributed by atoms with Crippen LogP contribution >= 0.6 is 0 Å². The third-order valence-corrected chi connectivity index (χ3v) is 2.33. The first-order valence-electron chi connectivity index (χ1n) is 5.28. The highest BCUT2D eigenvalue weighted by Gasteiger charge is 2.05. The molecular weight excluding hydrogens is 218 g/mol. The van der Waals surface area contributed by atoms with E-state index in [0.717, 1.165) is 0 Å². The van der Waals surface area contributed by atoms with Crippen LogP contribution in [0.4, 0.5) is 5.69 Å². The molecule has 1 aromatic rings. The minimum absolute atomic E-state index is 0.0493. The number of nitrogens with one attached hydrogen (secondary N) is 1. The van der Waals surface area contributed by atoms with Gasteiger partial charge < -0.3 is 10.4 Å². The van der Waals surface area contributed by atoms with Crippen LogP contribution in [0.25, 0.3) is 0 Å². The average molecular weight is 233 g/mol. The van der Waals surface area contributed by atoms with Crippen LogP contribution in [-0.2, 0) is 16.0 Å². The minimum Gasteiger partial charge on any atom is -0.481 e. The number of rotatable bonds is 4. The van der Waals surface area contributed by atoms with E-state index in [1.165, 1.54) is 0 Å². The van der Waals surface area contributed by atoms with Gasteiger partial charge in [0.15, 0.2) is 0 Å². The van der Waals surface area contributed by atoms with Gasteiger partial charge in [0.2, 0.25) is 0 Å². The van der Waals surface area contributed by atoms with Crippen molar-refractivity contribution in [2.75, 3.05) is 5.32 Å². The van der Waals surface area contributed by atoms with Gasteiger partial charge in [0, 0.05) is 11.3 Å². The van der Waals surface area contributed by atoms with E-state index in [9.17, 15) is 9.59 Å². The Kier molecular flexibility index (Phi) is 4.46. The van der Waals surface area contributed by atoms with Gasteiger partial charge in [-0.2, -0.15) is 0 Å². The number of carboxylic acid groups (broad SMARTS) is 1.